The number of ketones is 1. The lowest BCUT2D eigenvalue weighted by Gasteiger charge is -2.38. The van der Waals surface area contributed by atoms with E-state index in [2.05, 4.69) is 21.8 Å². The second-order valence-corrected chi connectivity index (χ2v) is 12.3. The van der Waals surface area contributed by atoms with Gasteiger partial charge in [0.05, 0.1) is 25.2 Å². The summed E-state index contributed by atoms with van der Waals surface area (Å²) in [5, 5.41) is 0. The minimum atomic E-state index is -4.87. The van der Waals surface area contributed by atoms with Gasteiger partial charge in [0.25, 0.3) is 0 Å². The summed E-state index contributed by atoms with van der Waals surface area (Å²) in [7, 11) is -0.785. The number of benzene rings is 4. The molecule has 0 N–H and O–H groups in total. The summed E-state index contributed by atoms with van der Waals surface area (Å²) in [6.07, 6.45) is -4.08. The van der Waals surface area contributed by atoms with Gasteiger partial charge in [0.15, 0.2) is 27.1 Å². The molecule has 1 atom stereocenters. The molecule has 7 nitrogen and oxygen atoms in total. The number of sulfone groups is 1. The number of ether oxygens (including phenoxy) is 3. The van der Waals surface area contributed by atoms with E-state index in [0.29, 0.717) is 18.0 Å². The van der Waals surface area contributed by atoms with Crippen molar-refractivity contribution in [3.8, 4) is 17.2 Å². The van der Waals surface area contributed by atoms with Crippen LogP contribution in [0.2, 0.25) is 0 Å². The Kier molecular flexibility index (Phi) is 8.98. The number of alkyl halides is 3. The highest BCUT2D eigenvalue weighted by Gasteiger charge is 2.32. The van der Waals surface area contributed by atoms with E-state index in [0.717, 1.165) is 53.9 Å². The molecule has 0 saturated carbocycles. The number of Topliss-reactive ketones (excluding diaryl/α,β-unsaturated/α-hetero) is 1. The Hall–Kier alpha value is -4.35. The van der Waals surface area contributed by atoms with Gasteiger partial charge in [0.1, 0.15) is 11.5 Å². The van der Waals surface area contributed by atoms with Crippen LogP contribution in [0.25, 0.3) is 0 Å². The van der Waals surface area contributed by atoms with Gasteiger partial charge in [-0.25, -0.2) is 8.42 Å². The molecule has 1 aliphatic rings. The van der Waals surface area contributed by atoms with Gasteiger partial charge in [-0.15, -0.1) is 13.2 Å². The van der Waals surface area contributed by atoms with Crippen LogP contribution in [-0.4, -0.2) is 52.0 Å². The Morgan fingerprint density at radius 2 is 1.52 bits per heavy atom. The summed E-state index contributed by atoms with van der Waals surface area (Å²) in [5.41, 5.74) is 4.24. The molecule has 230 valence electrons. The molecule has 4 aromatic rings. The van der Waals surface area contributed by atoms with Gasteiger partial charge >= 0.3 is 6.36 Å². The third-order valence-electron chi connectivity index (χ3n) is 7.49. The first kappa shape index (κ1) is 31.1. The minimum absolute atomic E-state index is 0.0212. The lowest BCUT2D eigenvalue weighted by atomic mass is 9.87. The van der Waals surface area contributed by atoms with Crippen LogP contribution in [0.5, 0.6) is 17.2 Å². The highest BCUT2D eigenvalue weighted by Crippen LogP contribution is 2.41. The van der Waals surface area contributed by atoms with Crippen molar-refractivity contribution in [2.75, 3.05) is 26.5 Å². The maximum Gasteiger partial charge on any atom is 0.573 e. The van der Waals surface area contributed by atoms with E-state index in [4.69, 9.17) is 9.47 Å². The van der Waals surface area contributed by atoms with E-state index in [1.807, 2.05) is 30.3 Å². The third kappa shape index (κ3) is 7.06. The molecule has 0 radical (unpaired) electrons. The van der Waals surface area contributed by atoms with Crippen molar-refractivity contribution in [3.05, 3.63) is 119 Å². The molecule has 0 fully saturated rings. The molecular weight excluding hydrogens is 595 g/mol. The molecule has 0 spiro atoms. The first-order valence-electron chi connectivity index (χ1n) is 13.7. The zero-order valence-corrected chi connectivity index (χ0v) is 24.8. The van der Waals surface area contributed by atoms with E-state index in [1.165, 1.54) is 17.7 Å². The van der Waals surface area contributed by atoms with Crippen LogP contribution in [0.15, 0.2) is 95.9 Å². The van der Waals surface area contributed by atoms with Crippen LogP contribution in [0.4, 0.5) is 13.2 Å². The Bertz CT molecular complexity index is 1720. The van der Waals surface area contributed by atoms with Gasteiger partial charge < -0.3 is 14.2 Å². The number of nitrogens with zero attached hydrogens (tertiary/aromatic N) is 1. The molecule has 0 bridgehead atoms. The molecule has 4 aromatic carbocycles. The van der Waals surface area contributed by atoms with E-state index in [1.54, 1.807) is 26.4 Å². The lowest BCUT2D eigenvalue weighted by Crippen LogP contribution is -2.35. The molecule has 11 heteroatoms. The molecule has 5 rings (SSSR count). The second-order valence-electron chi connectivity index (χ2n) is 10.3. The molecule has 1 unspecified atom stereocenters. The summed E-state index contributed by atoms with van der Waals surface area (Å²) in [6.45, 7) is 1.29. The highest BCUT2D eigenvalue weighted by atomic mass is 32.2. The van der Waals surface area contributed by atoms with Crippen molar-refractivity contribution < 1.29 is 40.6 Å². The molecule has 1 heterocycles. The standard InChI is InChI=1S/C33H30F3NO6S/c1-41-30-18-25-16-17-37(32(24-6-4-3-5-7-24)28(25)19-31(30)42-2)20-22-8-14-27(15-9-22)44(39,40)21-29(38)23-10-12-26(13-11-23)43-33(34,35)36/h3-15,18-19,32H,16-17,20-21H2,1-2H3. The van der Waals surface area contributed by atoms with Gasteiger partial charge in [-0.2, -0.15) is 0 Å². The number of hydrogen-bond acceptors (Lipinski definition) is 7. The average molecular weight is 626 g/mol. The average Bonchev–Trinajstić information content (AvgIpc) is 3.00. The molecule has 1 aliphatic heterocycles. The molecule has 0 saturated heterocycles. The van der Waals surface area contributed by atoms with Gasteiger partial charge in [0, 0.05) is 18.7 Å². The lowest BCUT2D eigenvalue weighted by molar-refractivity contribution is -0.274. The van der Waals surface area contributed by atoms with Crippen molar-refractivity contribution >= 4 is 15.6 Å². The van der Waals surface area contributed by atoms with Crippen LogP contribution in [0.3, 0.4) is 0 Å². The van der Waals surface area contributed by atoms with E-state index in [-0.39, 0.29) is 16.5 Å². The van der Waals surface area contributed by atoms with Gasteiger partial charge in [-0.3, -0.25) is 9.69 Å². The predicted molar refractivity (Wildman–Crippen MR) is 158 cm³/mol. The zero-order chi connectivity index (χ0) is 31.5. The van der Waals surface area contributed by atoms with Crippen molar-refractivity contribution in [2.24, 2.45) is 0 Å². The topological polar surface area (TPSA) is 82.1 Å². The molecule has 0 aliphatic carbocycles. The van der Waals surface area contributed by atoms with Crippen LogP contribution >= 0.6 is 0 Å². The summed E-state index contributed by atoms with van der Waals surface area (Å²) < 4.78 is 78.2. The Labute approximate surface area is 253 Å². The molecule has 0 amide bonds. The number of rotatable bonds is 10. The number of carbonyl (C=O) groups excluding carboxylic acids is 1. The van der Waals surface area contributed by atoms with Gasteiger partial charge in [-0.05, 0) is 77.2 Å². The van der Waals surface area contributed by atoms with Crippen LogP contribution in [0.1, 0.15) is 38.7 Å². The highest BCUT2D eigenvalue weighted by molar-refractivity contribution is 7.92. The Balaban J connectivity index is 1.33. The number of methoxy groups -OCH3 is 2. The molecule has 44 heavy (non-hydrogen) atoms. The van der Waals surface area contributed by atoms with E-state index >= 15 is 0 Å². The van der Waals surface area contributed by atoms with Gasteiger partial charge in [-0.1, -0.05) is 42.5 Å². The first-order chi connectivity index (χ1) is 21.0. The fourth-order valence-corrected chi connectivity index (χ4v) is 6.64. The second kappa shape index (κ2) is 12.7. The van der Waals surface area contributed by atoms with E-state index in [9.17, 15) is 26.4 Å². The quantitative estimate of drug-likeness (QED) is 0.189. The maximum atomic E-state index is 13.0. The summed E-state index contributed by atoms with van der Waals surface area (Å²) in [5.74, 6) is -0.746. The van der Waals surface area contributed by atoms with Gasteiger partial charge in [0.2, 0.25) is 0 Å². The fraction of sp³-hybridized carbons (Fsp3) is 0.242. The van der Waals surface area contributed by atoms with Crippen molar-refractivity contribution in [1.29, 1.82) is 0 Å². The summed E-state index contributed by atoms with van der Waals surface area (Å²) >= 11 is 0. The van der Waals surface area contributed by atoms with Crippen LogP contribution < -0.4 is 14.2 Å². The summed E-state index contributed by atoms with van der Waals surface area (Å²) in [4.78, 5) is 15.0. The normalized spacial score (nSPS) is 15.3. The monoisotopic (exact) mass is 625 g/mol. The van der Waals surface area contributed by atoms with Crippen molar-refractivity contribution in [2.45, 2.75) is 30.3 Å². The SMILES string of the molecule is COc1cc2c(cc1OC)C(c1ccccc1)N(Cc1ccc(S(=O)(=O)CC(=O)c3ccc(OC(F)(F)F)cc3)cc1)CC2. The fourth-order valence-electron chi connectivity index (χ4n) is 5.41. The Morgan fingerprint density at radius 1 is 0.886 bits per heavy atom. The molecule has 0 aromatic heterocycles. The largest absolute Gasteiger partial charge is 0.573 e. The predicted octanol–water partition coefficient (Wildman–Crippen LogP) is 6.41. The number of fused-ring (bicyclic) bond motifs is 1. The van der Waals surface area contributed by atoms with Crippen molar-refractivity contribution in [3.63, 3.8) is 0 Å². The van der Waals surface area contributed by atoms with Crippen LogP contribution in [0, 0.1) is 0 Å². The number of carbonyl (C=O) groups is 1. The number of halogens is 3. The maximum absolute atomic E-state index is 13.0. The third-order valence-corrected chi connectivity index (χ3v) is 9.12. The zero-order valence-electron chi connectivity index (χ0n) is 24.0. The molecular formula is C33H30F3NO6S. The van der Waals surface area contributed by atoms with Crippen LogP contribution in [-0.2, 0) is 22.8 Å². The van der Waals surface area contributed by atoms with Crippen molar-refractivity contribution in [1.82, 2.24) is 4.90 Å². The van der Waals surface area contributed by atoms with E-state index < -0.39 is 33.5 Å². The summed E-state index contributed by atoms with van der Waals surface area (Å²) in [6, 6.07) is 24.6. The smallest absolute Gasteiger partial charge is 0.493 e. The minimum Gasteiger partial charge on any atom is -0.493 e. The number of hydrogen-bond donors (Lipinski definition) is 0. The first-order valence-corrected chi connectivity index (χ1v) is 15.4. The Morgan fingerprint density at radius 3 is 2.14 bits per heavy atom.